The van der Waals surface area contributed by atoms with E-state index in [0.717, 1.165) is 22.3 Å². The van der Waals surface area contributed by atoms with E-state index in [2.05, 4.69) is 54.5 Å². The Labute approximate surface area is 128 Å². The van der Waals surface area contributed by atoms with Gasteiger partial charge in [0.15, 0.2) is 0 Å². The molecule has 0 spiro atoms. The van der Waals surface area contributed by atoms with Crippen molar-refractivity contribution >= 4 is 65.8 Å². The second kappa shape index (κ2) is 5.48. The Morgan fingerprint density at radius 1 is 1.25 bits per heavy atom. The van der Waals surface area contributed by atoms with Crippen molar-refractivity contribution in [1.29, 1.82) is 0 Å². The molecule has 0 fully saturated rings. The van der Waals surface area contributed by atoms with Gasteiger partial charge in [-0.05, 0) is 78.2 Å². The van der Waals surface area contributed by atoms with Gasteiger partial charge in [-0.2, -0.15) is 0 Å². The molecule has 1 aromatic carbocycles. The summed E-state index contributed by atoms with van der Waals surface area (Å²) in [5.41, 5.74) is 1.82. The SMILES string of the molecule is OC(c1cccc(I)c1)c1cc(Br)sc1Br. The highest BCUT2D eigenvalue weighted by Crippen LogP contribution is 2.37. The van der Waals surface area contributed by atoms with E-state index in [1.165, 1.54) is 0 Å². The summed E-state index contributed by atoms with van der Waals surface area (Å²) in [5, 5.41) is 10.3. The van der Waals surface area contributed by atoms with Crippen LogP contribution in [-0.4, -0.2) is 5.11 Å². The number of hydrogen-bond donors (Lipinski definition) is 1. The van der Waals surface area contributed by atoms with Gasteiger partial charge in [0.05, 0.1) is 7.57 Å². The lowest BCUT2D eigenvalue weighted by atomic mass is 10.1. The predicted molar refractivity (Wildman–Crippen MR) is 82.9 cm³/mol. The molecule has 1 atom stereocenters. The van der Waals surface area contributed by atoms with Gasteiger partial charge >= 0.3 is 0 Å². The Kier molecular flexibility index (Phi) is 4.45. The number of halogens is 3. The maximum absolute atomic E-state index is 10.3. The van der Waals surface area contributed by atoms with E-state index in [1.807, 2.05) is 30.3 Å². The van der Waals surface area contributed by atoms with Crippen LogP contribution in [0.3, 0.4) is 0 Å². The fraction of sp³-hybridized carbons (Fsp3) is 0.0909. The van der Waals surface area contributed by atoms with E-state index in [4.69, 9.17) is 0 Å². The maximum atomic E-state index is 10.3. The van der Waals surface area contributed by atoms with Crippen LogP contribution >= 0.6 is 65.8 Å². The molecule has 1 N–H and O–H groups in total. The van der Waals surface area contributed by atoms with Crippen LogP contribution in [0.1, 0.15) is 17.2 Å². The summed E-state index contributed by atoms with van der Waals surface area (Å²) < 4.78 is 3.10. The first-order valence-corrected chi connectivity index (χ1v) is 7.94. The van der Waals surface area contributed by atoms with E-state index < -0.39 is 6.10 Å². The van der Waals surface area contributed by atoms with Crippen molar-refractivity contribution < 1.29 is 5.11 Å². The van der Waals surface area contributed by atoms with Crippen LogP contribution in [0.15, 0.2) is 37.9 Å². The Balaban J connectivity index is 2.38. The summed E-state index contributed by atoms with van der Waals surface area (Å²) in [6, 6.07) is 9.83. The fourth-order valence-electron chi connectivity index (χ4n) is 1.40. The molecular formula is C11H7Br2IOS. The second-order valence-electron chi connectivity index (χ2n) is 3.24. The summed E-state index contributed by atoms with van der Waals surface area (Å²) in [7, 11) is 0. The zero-order chi connectivity index (χ0) is 11.7. The molecule has 0 saturated heterocycles. The molecule has 0 bridgehead atoms. The first-order chi connectivity index (χ1) is 7.58. The van der Waals surface area contributed by atoms with Crippen molar-refractivity contribution in [2.45, 2.75) is 6.10 Å². The molecule has 0 aliphatic heterocycles. The number of aliphatic hydroxyl groups excluding tert-OH is 1. The van der Waals surface area contributed by atoms with E-state index in [0.29, 0.717) is 0 Å². The average molecular weight is 474 g/mol. The van der Waals surface area contributed by atoms with Crippen molar-refractivity contribution in [2.24, 2.45) is 0 Å². The predicted octanol–water partition coefficient (Wildman–Crippen LogP) is 4.96. The van der Waals surface area contributed by atoms with Crippen molar-refractivity contribution in [3.8, 4) is 0 Å². The van der Waals surface area contributed by atoms with Gasteiger partial charge in [-0.15, -0.1) is 11.3 Å². The van der Waals surface area contributed by atoms with Crippen LogP contribution in [0, 0.1) is 3.57 Å². The minimum atomic E-state index is -0.577. The lowest BCUT2D eigenvalue weighted by Crippen LogP contribution is -1.98. The minimum Gasteiger partial charge on any atom is -0.384 e. The topological polar surface area (TPSA) is 20.2 Å². The van der Waals surface area contributed by atoms with Crippen molar-refractivity contribution in [3.63, 3.8) is 0 Å². The van der Waals surface area contributed by atoms with Gasteiger partial charge in [-0.1, -0.05) is 12.1 Å². The van der Waals surface area contributed by atoms with Crippen LogP contribution in [0.2, 0.25) is 0 Å². The zero-order valence-electron chi connectivity index (χ0n) is 7.95. The molecule has 2 rings (SSSR count). The molecule has 0 aliphatic rings. The Morgan fingerprint density at radius 2 is 2.00 bits per heavy atom. The number of aliphatic hydroxyl groups is 1. The van der Waals surface area contributed by atoms with Crippen molar-refractivity contribution in [3.05, 3.63) is 52.6 Å². The summed E-state index contributed by atoms with van der Waals surface area (Å²) in [6.45, 7) is 0. The summed E-state index contributed by atoms with van der Waals surface area (Å²) in [5.74, 6) is 0. The summed E-state index contributed by atoms with van der Waals surface area (Å²) >= 11 is 10.7. The third-order valence-electron chi connectivity index (χ3n) is 2.14. The van der Waals surface area contributed by atoms with Gasteiger partial charge in [-0.3, -0.25) is 0 Å². The average Bonchev–Trinajstić information content (AvgIpc) is 2.57. The molecule has 2 aromatic rings. The van der Waals surface area contributed by atoms with Gasteiger partial charge < -0.3 is 5.11 Å². The fourth-order valence-corrected chi connectivity index (χ4v) is 4.85. The van der Waals surface area contributed by atoms with E-state index in [9.17, 15) is 5.11 Å². The Morgan fingerprint density at radius 3 is 2.56 bits per heavy atom. The molecule has 84 valence electrons. The van der Waals surface area contributed by atoms with Crippen LogP contribution < -0.4 is 0 Å². The maximum Gasteiger partial charge on any atom is 0.106 e. The second-order valence-corrected chi connectivity index (χ2v) is 8.23. The monoisotopic (exact) mass is 472 g/mol. The minimum absolute atomic E-state index is 0.577. The van der Waals surface area contributed by atoms with Gasteiger partial charge in [0.1, 0.15) is 6.10 Å². The van der Waals surface area contributed by atoms with Gasteiger partial charge in [0.2, 0.25) is 0 Å². The van der Waals surface area contributed by atoms with Crippen LogP contribution in [0.4, 0.5) is 0 Å². The van der Waals surface area contributed by atoms with Crippen LogP contribution in [-0.2, 0) is 0 Å². The first kappa shape index (κ1) is 13.0. The number of hydrogen-bond acceptors (Lipinski definition) is 2. The van der Waals surface area contributed by atoms with Crippen molar-refractivity contribution in [2.75, 3.05) is 0 Å². The summed E-state index contributed by atoms with van der Waals surface area (Å²) in [4.78, 5) is 0. The van der Waals surface area contributed by atoms with Crippen molar-refractivity contribution in [1.82, 2.24) is 0 Å². The summed E-state index contributed by atoms with van der Waals surface area (Å²) in [6.07, 6.45) is -0.577. The molecule has 0 saturated carbocycles. The largest absolute Gasteiger partial charge is 0.384 e. The van der Waals surface area contributed by atoms with E-state index >= 15 is 0 Å². The van der Waals surface area contributed by atoms with E-state index in [1.54, 1.807) is 11.3 Å². The zero-order valence-corrected chi connectivity index (χ0v) is 14.1. The first-order valence-electron chi connectivity index (χ1n) is 4.46. The van der Waals surface area contributed by atoms with Crippen LogP contribution in [0.5, 0.6) is 0 Å². The highest BCUT2D eigenvalue weighted by atomic mass is 127. The lowest BCUT2D eigenvalue weighted by Gasteiger charge is -2.10. The molecule has 0 aliphatic carbocycles. The Bertz CT molecular complexity index is 512. The molecule has 5 heteroatoms. The number of benzene rings is 1. The molecule has 16 heavy (non-hydrogen) atoms. The molecule has 0 radical (unpaired) electrons. The molecule has 0 amide bonds. The molecule has 1 unspecified atom stereocenters. The van der Waals surface area contributed by atoms with E-state index in [-0.39, 0.29) is 0 Å². The van der Waals surface area contributed by atoms with Gasteiger partial charge in [-0.25, -0.2) is 0 Å². The third kappa shape index (κ3) is 2.87. The normalized spacial score (nSPS) is 12.8. The third-order valence-corrected chi connectivity index (χ3v) is 5.20. The molecule has 1 nitrogen and oxygen atoms in total. The lowest BCUT2D eigenvalue weighted by molar-refractivity contribution is 0.220. The number of rotatable bonds is 2. The molecule has 1 heterocycles. The smallest absolute Gasteiger partial charge is 0.106 e. The molecule has 1 aromatic heterocycles. The van der Waals surface area contributed by atoms with Crippen LogP contribution in [0.25, 0.3) is 0 Å². The number of thiophene rings is 1. The standard InChI is InChI=1S/C11H7Br2IOS/c12-9-5-8(11(13)16-9)10(15)6-2-1-3-7(14)4-6/h1-5,10,15H. The van der Waals surface area contributed by atoms with Gasteiger partial charge in [0, 0.05) is 9.13 Å². The highest BCUT2D eigenvalue weighted by Gasteiger charge is 2.16. The Hall–Kier alpha value is 0.570. The highest BCUT2D eigenvalue weighted by molar-refractivity contribution is 14.1. The quantitative estimate of drug-likeness (QED) is 0.611. The van der Waals surface area contributed by atoms with Gasteiger partial charge in [0.25, 0.3) is 0 Å². The molecular weight excluding hydrogens is 467 g/mol.